The number of hydrogen-bond donors (Lipinski definition) is 2. The van der Waals surface area contributed by atoms with Crippen LogP contribution in [0.5, 0.6) is 0 Å². The van der Waals surface area contributed by atoms with Crippen LogP contribution in [0.2, 0.25) is 0 Å². The summed E-state index contributed by atoms with van der Waals surface area (Å²) in [6.45, 7) is 7.39. The van der Waals surface area contributed by atoms with Crippen molar-refractivity contribution in [2.45, 2.75) is 70.6 Å². The number of nitrogens with one attached hydrogen (secondary N) is 1. The normalized spacial score (nSPS) is 27.9. The molecular formula is C15H27N3O. The van der Waals surface area contributed by atoms with Crippen molar-refractivity contribution in [2.24, 2.45) is 0 Å². The Morgan fingerprint density at radius 3 is 2.68 bits per heavy atom. The van der Waals surface area contributed by atoms with Crippen LogP contribution in [0.25, 0.3) is 0 Å². The first-order valence-corrected chi connectivity index (χ1v) is 7.52. The second kappa shape index (κ2) is 6.06. The minimum absolute atomic E-state index is 0.382. The van der Waals surface area contributed by atoms with Crippen molar-refractivity contribution in [1.29, 1.82) is 0 Å². The maximum atomic E-state index is 10.7. The molecule has 1 aromatic heterocycles. The van der Waals surface area contributed by atoms with Crippen LogP contribution in [0.15, 0.2) is 12.3 Å². The van der Waals surface area contributed by atoms with Gasteiger partial charge in [-0.2, -0.15) is 5.10 Å². The predicted octanol–water partition coefficient (Wildman–Crippen LogP) is 2.29. The first kappa shape index (κ1) is 14.5. The number of hydrogen-bond acceptors (Lipinski definition) is 3. The summed E-state index contributed by atoms with van der Waals surface area (Å²) in [5.41, 5.74) is 0.459. The van der Waals surface area contributed by atoms with E-state index in [0.29, 0.717) is 18.5 Å². The summed E-state index contributed by atoms with van der Waals surface area (Å²) < 4.78 is 1.96. The minimum Gasteiger partial charge on any atom is -0.389 e. The van der Waals surface area contributed by atoms with Gasteiger partial charge < -0.3 is 10.4 Å². The number of aromatic nitrogens is 2. The molecule has 1 saturated carbocycles. The topological polar surface area (TPSA) is 50.1 Å². The van der Waals surface area contributed by atoms with Crippen LogP contribution in [0, 0.1) is 0 Å². The zero-order valence-corrected chi connectivity index (χ0v) is 12.4. The molecule has 1 aliphatic rings. The molecule has 0 aliphatic heterocycles. The standard InChI is InChI=1S/C15H27N3O/c1-4-16-13-5-8-15(19,9-6-13)11-14-7-10-18(17-14)12(2)3/h7,10,12-13,16,19H,4-6,8-9,11H2,1-3H3. The Balaban J connectivity index is 1.91. The van der Waals surface area contributed by atoms with Crippen LogP contribution in [0.4, 0.5) is 0 Å². The zero-order valence-electron chi connectivity index (χ0n) is 12.4. The molecular weight excluding hydrogens is 238 g/mol. The molecule has 1 fully saturated rings. The zero-order chi connectivity index (χ0) is 13.9. The molecule has 0 bridgehead atoms. The Bertz CT molecular complexity index is 392. The summed E-state index contributed by atoms with van der Waals surface area (Å²) >= 11 is 0. The summed E-state index contributed by atoms with van der Waals surface area (Å²) in [6, 6.07) is 3.00. The van der Waals surface area contributed by atoms with Crippen molar-refractivity contribution < 1.29 is 5.11 Å². The van der Waals surface area contributed by atoms with E-state index < -0.39 is 5.60 Å². The molecule has 4 heteroatoms. The van der Waals surface area contributed by atoms with Crippen LogP contribution < -0.4 is 5.32 Å². The van der Waals surface area contributed by atoms with E-state index >= 15 is 0 Å². The summed E-state index contributed by atoms with van der Waals surface area (Å²) in [4.78, 5) is 0. The Morgan fingerprint density at radius 2 is 2.16 bits per heavy atom. The van der Waals surface area contributed by atoms with Gasteiger partial charge in [-0.3, -0.25) is 4.68 Å². The average Bonchev–Trinajstić information content (AvgIpc) is 2.81. The molecule has 4 nitrogen and oxygen atoms in total. The van der Waals surface area contributed by atoms with E-state index in [-0.39, 0.29) is 0 Å². The second-order valence-corrected chi connectivity index (χ2v) is 6.11. The molecule has 0 saturated heterocycles. The molecule has 2 rings (SSSR count). The van der Waals surface area contributed by atoms with Crippen molar-refractivity contribution in [3.8, 4) is 0 Å². The Labute approximate surface area is 116 Å². The average molecular weight is 265 g/mol. The first-order valence-electron chi connectivity index (χ1n) is 7.52. The lowest BCUT2D eigenvalue weighted by molar-refractivity contribution is -0.00386. The van der Waals surface area contributed by atoms with Crippen molar-refractivity contribution in [1.82, 2.24) is 15.1 Å². The number of aliphatic hydroxyl groups is 1. The summed E-state index contributed by atoms with van der Waals surface area (Å²) in [5.74, 6) is 0. The van der Waals surface area contributed by atoms with Gasteiger partial charge in [-0.25, -0.2) is 0 Å². The molecule has 1 aliphatic carbocycles. The van der Waals surface area contributed by atoms with E-state index in [1.165, 1.54) is 0 Å². The van der Waals surface area contributed by atoms with E-state index in [0.717, 1.165) is 37.9 Å². The molecule has 0 atom stereocenters. The van der Waals surface area contributed by atoms with E-state index in [4.69, 9.17) is 0 Å². The molecule has 108 valence electrons. The van der Waals surface area contributed by atoms with Crippen LogP contribution in [-0.2, 0) is 6.42 Å². The minimum atomic E-state index is -0.553. The van der Waals surface area contributed by atoms with Gasteiger partial charge in [-0.05, 0) is 52.1 Å². The third-order valence-electron chi connectivity index (χ3n) is 4.11. The lowest BCUT2D eigenvalue weighted by Gasteiger charge is -2.36. The van der Waals surface area contributed by atoms with E-state index in [1.54, 1.807) is 0 Å². The third-order valence-corrected chi connectivity index (χ3v) is 4.11. The fourth-order valence-electron chi connectivity index (χ4n) is 2.92. The maximum absolute atomic E-state index is 10.7. The Hall–Kier alpha value is -0.870. The molecule has 1 heterocycles. The number of rotatable bonds is 5. The third kappa shape index (κ3) is 3.80. The Morgan fingerprint density at radius 1 is 1.47 bits per heavy atom. The van der Waals surface area contributed by atoms with Gasteiger partial charge in [0.05, 0.1) is 11.3 Å². The SMILES string of the molecule is CCNC1CCC(O)(Cc2ccn(C(C)C)n2)CC1. The fourth-order valence-corrected chi connectivity index (χ4v) is 2.92. The van der Waals surface area contributed by atoms with Gasteiger partial charge in [0, 0.05) is 24.7 Å². The van der Waals surface area contributed by atoms with Gasteiger partial charge in [-0.1, -0.05) is 6.92 Å². The molecule has 1 aromatic rings. The van der Waals surface area contributed by atoms with E-state index in [9.17, 15) is 5.11 Å². The molecule has 0 unspecified atom stereocenters. The van der Waals surface area contributed by atoms with Gasteiger partial charge >= 0.3 is 0 Å². The van der Waals surface area contributed by atoms with Gasteiger partial charge in [0.25, 0.3) is 0 Å². The lowest BCUT2D eigenvalue weighted by Crippen LogP contribution is -2.42. The summed E-state index contributed by atoms with van der Waals surface area (Å²) in [6.07, 6.45) is 6.57. The maximum Gasteiger partial charge on any atom is 0.0704 e. The monoisotopic (exact) mass is 265 g/mol. The molecule has 0 radical (unpaired) electrons. The van der Waals surface area contributed by atoms with E-state index in [1.807, 2.05) is 16.9 Å². The molecule has 0 aromatic carbocycles. The van der Waals surface area contributed by atoms with Crippen molar-refractivity contribution >= 4 is 0 Å². The molecule has 19 heavy (non-hydrogen) atoms. The smallest absolute Gasteiger partial charge is 0.0704 e. The van der Waals surface area contributed by atoms with Crippen molar-refractivity contribution in [3.63, 3.8) is 0 Å². The highest BCUT2D eigenvalue weighted by Gasteiger charge is 2.33. The van der Waals surface area contributed by atoms with Gasteiger partial charge in [0.15, 0.2) is 0 Å². The van der Waals surface area contributed by atoms with Crippen LogP contribution >= 0.6 is 0 Å². The first-order chi connectivity index (χ1) is 9.02. The second-order valence-electron chi connectivity index (χ2n) is 6.11. The van der Waals surface area contributed by atoms with Crippen LogP contribution in [-0.4, -0.2) is 33.1 Å². The highest BCUT2D eigenvalue weighted by molar-refractivity contribution is 5.06. The Kier molecular flexibility index (Phi) is 4.63. The molecule has 2 N–H and O–H groups in total. The van der Waals surface area contributed by atoms with Crippen molar-refractivity contribution in [3.05, 3.63) is 18.0 Å². The predicted molar refractivity (Wildman–Crippen MR) is 77.2 cm³/mol. The highest BCUT2D eigenvalue weighted by Crippen LogP contribution is 2.31. The van der Waals surface area contributed by atoms with Crippen LogP contribution in [0.3, 0.4) is 0 Å². The molecule has 0 amide bonds. The van der Waals surface area contributed by atoms with Gasteiger partial charge in [0.1, 0.15) is 0 Å². The van der Waals surface area contributed by atoms with Crippen molar-refractivity contribution in [2.75, 3.05) is 6.54 Å². The highest BCUT2D eigenvalue weighted by atomic mass is 16.3. The van der Waals surface area contributed by atoms with Gasteiger partial charge in [0.2, 0.25) is 0 Å². The largest absolute Gasteiger partial charge is 0.389 e. The quantitative estimate of drug-likeness (QED) is 0.859. The summed E-state index contributed by atoms with van der Waals surface area (Å²) in [7, 11) is 0. The van der Waals surface area contributed by atoms with E-state index in [2.05, 4.69) is 31.2 Å². The molecule has 0 spiro atoms. The van der Waals surface area contributed by atoms with Crippen LogP contribution in [0.1, 0.15) is 58.2 Å². The fraction of sp³-hybridized carbons (Fsp3) is 0.800. The number of nitrogens with zero attached hydrogens (tertiary/aromatic N) is 2. The summed E-state index contributed by atoms with van der Waals surface area (Å²) in [5, 5.41) is 18.7. The lowest BCUT2D eigenvalue weighted by atomic mass is 9.79. The van der Waals surface area contributed by atoms with Gasteiger partial charge in [-0.15, -0.1) is 0 Å².